The molecule has 0 fully saturated rings. The van der Waals surface area contributed by atoms with E-state index in [-0.39, 0.29) is 6.04 Å². The Bertz CT molecular complexity index is 310. The fraction of sp³-hybridized carbons (Fsp3) is 0.200. The average Bonchev–Trinajstić information content (AvgIpc) is 2.09. The van der Waals surface area contributed by atoms with Crippen LogP contribution in [0.15, 0.2) is 30.9 Å². The summed E-state index contributed by atoms with van der Waals surface area (Å²) in [6, 6.07) is 5.58. The molecule has 0 radical (unpaired) electrons. The Morgan fingerprint density at radius 2 is 2.31 bits per heavy atom. The molecule has 0 aliphatic carbocycles. The monoisotopic (exact) mass is 196 g/mol. The van der Waals surface area contributed by atoms with Crippen LogP contribution >= 0.6 is 11.6 Å². The lowest BCUT2D eigenvalue weighted by molar-refractivity contribution is 1.00. The summed E-state index contributed by atoms with van der Waals surface area (Å²) in [6.45, 7) is 5.68. The van der Waals surface area contributed by atoms with Gasteiger partial charge in [0, 0.05) is 11.1 Å². The molecule has 0 amide bonds. The van der Waals surface area contributed by atoms with Crippen LogP contribution in [0.4, 0.5) is 11.4 Å². The molecule has 0 spiro atoms. The summed E-state index contributed by atoms with van der Waals surface area (Å²) in [5.41, 5.74) is 7.28. The predicted molar refractivity (Wildman–Crippen MR) is 59.1 cm³/mol. The molecule has 0 saturated heterocycles. The molecule has 70 valence electrons. The van der Waals surface area contributed by atoms with Crippen LogP contribution in [0, 0.1) is 0 Å². The molecule has 0 aliphatic rings. The molecule has 2 nitrogen and oxygen atoms in total. The van der Waals surface area contributed by atoms with Crippen LogP contribution in [0.25, 0.3) is 0 Å². The summed E-state index contributed by atoms with van der Waals surface area (Å²) in [5, 5.41) is 3.83. The number of nitrogens with two attached hydrogens (primary N) is 1. The van der Waals surface area contributed by atoms with E-state index in [0.717, 1.165) is 5.69 Å². The van der Waals surface area contributed by atoms with Crippen molar-refractivity contribution >= 4 is 23.0 Å². The van der Waals surface area contributed by atoms with E-state index in [1.807, 2.05) is 19.1 Å². The van der Waals surface area contributed by atoms with Gasteiger partial charge in [0.05, 0.1) is 11.4 Å². The fourth-order valence-corrected chi connectivity index (χ4v) is 1.15. The first kappa shape index (κ1) is 9.93. The van der Waals surface area contributed by atoms with E-state index in [2.05, 4.69) is 11.9 Å². The highest BCUT2D eigenvalue weighted by molar-refractivity contribution is 6.31. The molecule has 13 heavy (non-hydrogen) atoms. The van der Waals surface area contributed by atoms with Crippen molar-refractivity contribution in [3.8, 4) is 0 Å². The Labute approximate surface area is 83.4 Å². The van der Waals surface area contributed by atoms with Crippen molar-refractivity contribution in [3.63, 3.8) is 0 Å². The standard InChI is InChI=1S/C10H13ClN2/c1-3-7(2)13-10-5-4-8(11)6-9(10)12/h3-7,13H,1,12H2,2H3. The molecular weight excluding hydrogens is 184 g/mol. The van der Waals surface area contributed by atoms with Gasteiger partial charge >= 0.3 is 0 Å². The summed E-state index contributed by atoms with van der Waals surface area (Å²) in [5.74, 6) is 0. The van der Waals surface area contributed by atoms with Gasteiger partial charge in [-0.2, -0.15) is 0 Å². The van der Waals surface area contributed by atoms with Gasteiger partial charge in [0.2, 0.25) is 0 Å². The number of halogens is 1. The van der Waals surface area contributed by atoms with E-state index >= 15 is 0 Å². The zero-order chi connectivity index (χ0) is 9.84. The highest BCUT2D eigenvalue weighted by atomic mass is 35.5. The Morgan fingerprint density at radius 1 is 1.62 bits per heavy atom. The van der Waals surface area contributed by atoms with Gasteiger partial charge in [-0.05, 0) is 25.1 Å². The second-order valence-corrected chi connectivity index (χ2v) is 3.34. The number of rotatable bonds is 3. The number of nitrogen functional groups attached to an aromatic ring is 1. The SMILES string of the molecule is C=CC(C)Nc1ccc(Cl)cc1N. The largest absolute Gasteiger partial charge is 0.397 e. The molecule has 1 rings (SSSR count). The molecule has 1 aromatic carbocycles. The minimum atomic E-state index is 0.198. The van der Waals surface area contributed by atoms with Gasteiger partial charge in [0.25, 0.3) is 0 Å². The van der Waals surface area contributed by atoms with Crippen molar-refractivity contribution in [1.82, 2.24) is 0 Å². The Balaban J connectivity index is 2.83. The third-order valence-corrected chi connectivity index (χ3v) is 1.99. The Morgan fingerprint density at radius 3 is 2.85 bits per heavy atom. The predicted octanol–water partition coefficient (Wildman–Crippen LogP) is 2.91. The summed E-state index contributed by atoms with van der Waals surface area (Å²) in [7, 11) is 0. The molecular formula is C10H13ClN2. The summed E-state index contributed by atoms with van der Waals surface area (Å²) < 4.78 is 0. The lowest BCUT2D eigenvalue weighted by Gasteiger charge is -2.12. The average molecular weight is 197 g/mol. The molecule has 1 atom stereocenters. The second-order valence-electron chi connectivity index (χ2n) is 2.90. The Kier molecular flexibility index (Phi) is 3.20. The number of benzene rings is 1. The van der Waals surface area contributed by atoms with Gasteiger partial charge in [0.15, 0.2) is 0 Å². The van der Waals surface area contributed by atoms with Crippen molar-refractivity contribution in [1.29, 1.82) is 0 Å². The topological polar surface area (TPSA) is 38.0 Å². The summed E-state index contributed by atoms with van der Waals surface area (Å²) >= 11 is 5.76. The molecule has 0 saturated carbocycles. The van der Waals surface area contributed by atoms with Crippen LogP contribution in [0.1, 0.15) is 6.92 Å². The Hall–Kier alpha value is -1.15. The van der Waals surface area contributed by atoms with Gasteiger partial charge in [-0.3, -0.25) is 0 Å². The van der Waals surface area contributed by atoms with Crippen LogP contribution in [-0.2, 0) is 0 Å². The maximum absolute atomic E-state index is 5.76. The number of hydrogen-bond donors (Lipinski definition) is 2. The van der Waals surface area contributed by atoms with E-state index in [1.54, 1.807) is 12.1 Å². The molecule has 1 unspecified atom stereocenters. The summed E-state index contributed by atoms with van der Waals surface area (Å²) in [6.07, 6.45) is 1.81. The highest BCUT2D eigenvalue weighted by Crippen LogP contribution is 2.23. The van der Waals surface area contributed by atoms with Crippen molar-refractivity contribution in [2.45, 2.75) is 13.0 Å². The van der Waals surface area contributed by atoms with Crippen molar-refractivity contribution in [3.05, 3.63) is 35.9 Å². The molecule has 0 heterocycles. The molecule has 0 aromatic heterocycles. The first-order valence-corrected chi connectivity index (χ1v) is 4.45. The van der Waals surface area contributed by atoms with E-state index in [1.165, 1.54) is 0 Å². The first-order chi connectivity index (χ1) is 6.13. The molecule has 1 aromatic rings. The van der Waals surface area contributed by atoms with Crippen LogP contribution in [0.3, 0.4) is 0 Å². The first-order valence-electron chi connectivity index (χ1n) is 4.07. The molecule has 3 N–H and O–H groups in total. The van der Waals surface area contributed by atoms with Crippen LogP contribution in [-0.4, -0.2) is 6.04 Å². The zero-order valence-corrected chi connectivity index (χ0v) is 8.31. The van der Waals surface area contributed by atoms with E-state index in [0.29, 0.717) is 10.7 Å². The number of nitrogens with one attached hydrogen (secondary N) is 1. The van der Waals surface area contributed by atoms with Crippen molar-refractivity contribution < 1.29 is 0 Å². The van der Waals surface area contributed by atoms with E-state index in [4.69, 9.17) is 17.3 Å². The maximum atomic E-state index is 5.76. The quantitative estimate of drug-likeness (QED) is 0.576. The minimum absolute atomic E-state index is 0.198. The fourth-order valence-electron chi connectivity index (χ4n) is 0.969. The van der Waals surface area contributed by atoms with Gasteiger partial charge in [-0.1, -0.05) is 17.7 Å². The molecule has 0 aliphatic heterocycles. The third-order valence-electron chi connectivity index (χ3n) is 1.75. The van der Waals surface area contributed by atoms with Crippen LogP contribution in [0.2, 0.25) is 5.02 Å². The summed E-state index contributed by atoms with van der Waals surface area (Å²) in [4.78, 5) is 0. The van der Waals surface area contributed by atoms with Gasteiger partial charge < -0.3 is 11.1 Å². The highest BCUT2D eigenvalue weighted by Gasteiger charge is 2.01. The third kappa shape index (κ3) is 2.67. The second kappa shape index (κ2) is 4.19. The van der Waals surface area contributed by atoms with Crippen LogP contribution < -0.4 is 11.1 Å². The van der Waals surface area contributed by atoms with Gasteiger partial charge in [0.1, 0.15) is 0 Å². The van der Waals surface area contributed by atoms with E-state index < -0.39 is 0 Å². The van der Waals surface area contributed by atoms with E-state index in [9.17, 15) is 0 Å². The number of anilines is 2. The van der Waals surface area contributed by atoms with Gasteiger partial charge in [-0.25, -0.2) is 0 Å². The number of hydrogen-bond acceptors (Lipinski definition) is 2. The normalized spacial score (nSPS) is 12.2. The van der Waals surface area contributed by atoms with Crippen LogP contribution in [0.5, 0.6) is 0 Å². The molecule has 0 bridgehead atoms. The van der Waals surface area contributed by atoms with Crippen molar-refractivity contribution in [2.75, 3.05) is 11.1 Å². The smallest absolute Gasteiger partial charge is 0.0579 e. The maximum Gasteiger partial charge on any atom is 0.0579 e. The zero-order valence-electron chi connectivity index (χ0n) is 7.55. The lowest BCUT2D eigenvalue weighted by Crippen LogP contribution is -2.12. The van der Waals surface area contributed by atoms with Gasteiger partial charge in [-0.15, -0.1) is 6.58 Å². The van der Waals surface area contributed by atoms with Crippen molar-refractivity contribution in [2.24, 2.45) is 0 Å². The lowest BCUT2D eigenvalue weighted by atomic mass is 10.2. The minimum Gasteiger partial charge on any atom is -0.397 e. The molecule has 3 heteroatoms.